The molecule has 0 aliphatic carbocycles. The van der Waals surface area contributed by atoms with Gasteiger partial charge in [0.05, 0.1) is 11.4 Å². The van der Waals surface area contributed by atoms with Gasteiger partial charge in [-0.15, -0.1) is 0 Å². The molecular weight excluding hydrogens is 278 g/mol. The van der Waals surface area contributed by atoms with Crippen molar-refractivity contribution in [3.8, 4) is 0 Å². The molecule has 1 atom stereocenters. The first kappa shape index (κ1) is 15.1. The summed E-state index contributed by atoms with van der Waals surface area (Å²) in [6.07, 6.45) is 4.92. The number of carbonyl (C=O) groups is 1. The highest BCUT2D eigenvalue weighted by molar-refractivity contribution is 5.84. The molecule has 1 aromatic heterocycles. The summed E-state index contributed by atoms with van der Waals surface area (Å²) in [6.45, 7) is 4.47. The second-order valence-electron chi connectivity index (χ2n) is 6.32. The first-order valence-corrected chi connectivity index (χ1v) is 8.02. The van der Waals surface area contributed by atoms with Crippen molar-refractivity contribution < 1.29 is 14.6 Å². The third-order valence-electron chi connectivity index (χ3n) is 4.62. The molecule has 0 amide bonds. The number of benzene rings is 1. The Morgan fingerprint density at radius 1 is 1.36 bits per heavy atom. The summed E-state index contributed by atoms with van der Waals surface area (Å²) < 4.78 is 7.74. The minimum Gasteiger partial charge on any atom is -0.481 e. The number of hydrogen-bond donors (Lipinski definition) is 1. The SMILES string of the molecule is CC(Cc1cccc2ccn(CC3CCOCC3)c12)C(=O)O. The van der Waals surface area contributed by atoms with Crippen molar-refractivity contribution >= 4 is 16.9 Å². The van der Waals surface area contributed by atoms with Gasteiger partial charge in [0.2, 0.25) is 0 Å². The fraction of sp³-hybridized carbons (Fsp3) is 0.500. The van der Waals surface area contributed by atoms with Gasteiger partial charge >= 0.3 is 5.97 Å². The molecule has 3 rings (SSSR count). The van der Waals surface area contributed by atoms with E-state index >= 15 is 0 Å². The summed E-state index contributed by atoms with van der Waals surface area (Å²) in [4.78, 5) is 11.2. The molecule has 1 fully saturated rings. The molecule has 0 radical (unpaired) electrons. The van der Waals surface area contributed by atoms with Crippen LogP contribution in [0.2, 0.25) is 0 Å². The van der Waals surface area contributed by atoms with E-state index in [1.54, 1.807) is 6.92 Å². The lowest BCUT2D eigenvalue weighted by molar-refractivity contribution is -0.141. The minimum absolute atomic E-state index is 0.364. The zero-order chi connectivity index (χ0) is 15.5. The topological polar surface area (TPSA) is 51.5 Å². The highest BCUT2D eigenvalue weighted by atomic mass is 16.5. The Bertz CT molecular complexity index is 655. The third kappa shape index (κ3) is 3.17. The van der Waals surface area contributed by atoms with E-state index in [-0.39, 0.29) is 5.92 Å². The molecule has 2 aromatic rings. The van der Waals surface area contributed by atoms with Gasteiger partial charge in [-0.3, -0.25) is 4.79 Å². The lowest BCUT2D eigenvalue weighted by Gasteiger charge is -2.23. The van der Waals surface area contributed by atoms with Gasteiger partial charge in [0.25, 0.3) is 0 Å². The van der Waals surface area contributed by atoms with Crippen LogP contribution in [0.5, 0.6) is 0 Å². The predicted molar refractivity (Wildman–Crippen MR) is 86.0 cm³/mol. The highest BCUT2D eigenvalue weighted by Gasteiger charge is 2.18. The molecule has 22 heavy (non-hydrogen) atoms. The average Bonchev–Trinajstić information content (AvgIpc) is 2.92. The molecule has 2 heterocycles. The van der Waals surface area contributed by atoms with E-state index in [0.29, 0.717) is 12.3 Å². The van der Waals surface area contributed by atoms with Crippen LogP contribution in [0, 0.1) is 11.8 Å². The Labute approximate surface area is 130 Å². The van der Waals surface area contributed by atoms with Gasteiger partial charge in [0, 0.05) is 26.0 Å². The van der Waals surface area contributed by atoms with E-state index in [1.807, 2.05) is 6.07 Å². The molecule has 1 aromatic carbocycles. The van der Waals surface area contributed by atoms with Crippen LogP contribution in [0.15, 0.2) is 30.5 Å². The van der Waals surface area contributed by atoms with E-state index in [0.717, 1.165) is 38.2 Å². The molecule has 1 aliphatic rings. The van der Waals surface area contributed by atoms with Crippen LogP contribution in [0.4, 0.5) is 0 Å². The third-order valence-corrected chi connectivity index (χ3v) is 4.62. The predicted octanol–water partition coefficient (Wildman–Crippen LogP) is 3.33. The van der Waals surface area contributed by atoms with Gasteiger partial charge in [-0.1, -0.05) is 25.1 Å². The standard InChI is InChI=1S/C18H23NO3/c1-13(18(20)21)11-16-4-2-3-15-5-8-19(17(15)16)12-14-6-9-22-10-7-14/h2-5,8,13-14H,6-7,9-12H2,1H3,(H,20,21). The van der Waals surface area contributed by atoms with E-state index < -0.39 is 5.97 Å². The Hall–Kier alpha value is -1.81. The number of aromatic nitrogens is 1. The molecule has 1 N–H and O–H groups in total. The van der Waals surface area contributed by atoms with Crippen molar-refractivity contribution in [2.75, 3.05) is 13.2 Å². The summed E-state index contributed by atoms with van der Waals surface area (Å²) in [5, 5.41) is 10.4. The van der Waals surface area contributed by atoms with Crippen LogP contribution in [0.1, 0.15) is 25.3 Å². The first-order valence-electron chi connectivity index (χ1n) is 8.02. The lowest BCUT2D eigenvalue weighted by Crippen LogP contribution is -2.20. The van der Waals surface area contributed by atoms with Crippen LogP contribution in [-0.2, 0) is 22.5 Å². The first-order chi connectivity index (χ1) is 10.6. The average molecular weight is 301 g/mol. The number of rotatable bonds is 5. The van der Waals surface area contributed by atoms with Crippen molar-refractivity contribution in [1.29, 1.82) is 0 Å². The molecule has 1 unspecified atom stereocenters. The van der Waals surface area contributed by atoms with Gasteiger partial charge in [0.1, 0.15) is 0 Å². The van der Waals surface area contributed by atoms with Gasteiger partial charge in [-0.25, -0.2) is 0 Å². The molecule has 4 nitrogen and oxygen atoms in total. The summed E-state index contributed by atoms with van der Waals surface area (Å²) >= 11 is 0. The largest absolute Gasteiger partial charge is 0.481 e. The highest BCUT2D eigenvalue weighted by Crippen LogP contribution is 2.26. The maximum Gasteiger partial charge on any atom is 0.306 e. The fourth-order valence-electron chi connectivity index (χ4n) is 3.28. The van der Waals surface area contributed by atoms with Crippen LogP contribution >= 0.6 is 0 Å². The van der Waals surface area contributed by atoms with Crippen molar-refractivity contribution in [2.24, 2.45) is 11.8 Å². The van der Waals surface area contributed by atoms with E-state index in [1.165, 1.54) is 10.9 Å². The number of nitrogens with zero attached hydrogens (tertiary/aromatic N) is 1. The number of ether oxygens (including phenoxy) is 1. The van der Waals surface area contributed by atoms with Crippen molar-refractivity contribution in [3.05, 3.63) is 36.0 Å². The number of fused-ring (bicyclic) bond motifs is 1. The molecule has 0 spiro atoms. The fourth-order valence-corrected chi connectivity index (χ4v) is 3.28. The number of carboxylic acids is 1. The molecule has 1 saturated heterocycles. The van der Waals surface area contributed by atoms with Crippen LogP contribution in [0.25, 0.3) is 10.9 Å². The quantitative estimate of drug-likeness (QED) is 0.921. The van der Waals surface area contributed by atoms with E-state index in [4.69, 9.17) is 4.74 Å². The smallest absolute Gasteiger partial charge is 0.306 e. The maximum absolute atomic E-state index is 11.2. The van der Waals surface area contributed by atoms with Crippen molar-refractivity contribution in [3.63, 3.8) is 0 Å². The minimum atomic E-state index is -0.737. The molecule has 0 bridgehead atoms. The molecule has 118 valence electrons. The zero-order valence-corrected chi connectivity index (χ0v) is 13.0. The summed E-state index contributed by atoms with van der Waals surface area (Å²) in [5.74, 6) is -0.453. The van der Waals surface area contributed by atoms with Gasteiger partial charge in [0.15, 0.2) is 0 Å². The lowest BCUT2D eigenvalue weighted by atomic mass is 9.98. The summed E-state index contributed by atoms with van der Waals surface area (Å²) in [6, 6.07) is 8.31. The zero-order valence-electron chi connectivity index (χ0n) is 13.0. The number of carboxylic acid groups (broad SMARTS) is 1. The Kier molecular flexibility index (Phi) is 4.48. The van der Waals surface area contributed by atoms with Crippen LogP contribution in [-0.4, -0.2) is 28.9 Å². The monoisotopic (exact) mass is 301 g/mol. The molecule has 0 saturated carbocycles. The number of aliphatic carboxylic acids is 1. The molecule has 1 aliphatic heterocycles. The summed E-state index contributed by atoms with van der Waals surface area (Å²) in [5.41, 5.74) is 2.33. The summed E-state index contributed by atoms with van der Waals surface area (Å²) in [7, 11) is 0. The van der Waals surface area contributed by atoms with Gasteiger partial charge < -0.3 is 14.4 Å². The number of para-hydroxylation sites is 1. The van der Waals surface area contributed by atoms with Crippen LogP contribution < -0.4 is 0 Å². The second kappa shape index (κ2) is 6.53. The molecular formula is C18H23NO3. The Balaban J connectivity index is 1.88. The van der Waals surface area contributed by atoms with Gasteiger partial charge in [-0.05, 0) is 42.2 Å². The Morgan fingerprint density at radius 3 is 2.86 bits per heavy atom. The normalized spacial score (nSPS) is 17.7. The van der Waals surface area contributed by atoms with E-state index in [2.05, 4.69) is 29.0 Å². The van der Waals surface area contributed by atoms with Crippen molar-refractivity contribution in [1.82, 2.24) is 4.57 Å². The van der Waals surface area contributed by atoms with Gasteiger partial charge in [-0.2, -0.15) is 0 Å². The van der Waals surface area contributed by atoms with Crippen LogP contribution in [0.3, 0.4) is 0 Å². The molecule has 4 heteroatoms. The van der Waals surface area contributed by atoms with Crippen molar-refractivity contribution in [2.45, 2.75) is 32.7 Å². The van der Waals surface area contributed by atoms with E-state index in [9.17, 15) is 9.90 Å². The maximum atomic E-state index is 11.2. The Morgan fingerprint density at radius 2 is 2.14 bits per heavy atom. The number of hydrogen-bond acceptors (Lipinski definition) is 2. The second-order valence-corrected chi connectivity index (χ2v) is 6.32.